The van der Waals surface area contributed by atoms with Gasteiger partial charge in [0, 0.05) is 12.6 Å². The van der Waals surface area contributed by atoms with E-state index in [1.165, 1.54) is 0 Å². The first-order valence-corrected chi connectivity index (χ1v) is 6.93. The molecule has 5 nitrogen and oxygen atoms in total. The second-order valence-electron chi connectivity index (χ2n) is 4.53. The van der Waals surface area contributed by atoms with Crippen LogP contribution in [0, 0.1) is 0 Å². The SMILES string of the molecule is COc1ccc(C(=O)NCCCCCCN)c(OC)c1. The Morgan fingerprint density at radius 3 is 2.55 bits per heavy atom. The van der Waals surface area contributed by atoms with Gasteiger partial charge < -0.3 is 20.5 Å². The molecular formula is C15H24N2O3. The Morgan fingerprint density at radius 2 is 1.90 bits per heavy atom. The minimum absolute atomic E-state index is 0.122. The molecule has 0 aliphatic heterocycles. The maximum Gasteiger partial charge on any atom is 0.255 e. The molecule has 0 aliphatic carbocycles. The zero-order valence-corrected chi connectivity index (χ0v) is 12.3. The minimum Gasteiger partial charge on any atom is -0.497 e. The van der Waals surface area contributed by atoms with E-state index in [9.17, 15) is 4.79 Å². The molecule has 5 heteroatoms. The van der Waals surface area contributed by atoms with Crippen LogP contribution < -0.4 is 20.5 Å². The summed E-state index contributed by atoms with van der Waals surface area (Å²) in [6.07, 6.45) is 4.19. The Kier molecular flexibility index (Phi) is 7.50. The number of methoxy groups -OCH3 is 2. The van der Waals surface area contributed by atoms with Crippen molar-refractivity contribution in [3.05, 3.63) is 23.8 Å². The lowest BCUT2D eigenvalue weighted by Crippen LogP contribution is -2.24. The van der Waals surface area contributed by atoms with Gasteiger partial charge in [-0.05, 0) is 31.5 Å². The second kappa shape index (κ2) is 9.20. The van der Waals surface area contributed by atoms with E-state index < -0.39 is 0 Å². The summed E-state index contributed by atoms with van der Waals surface area (Å²) in [6.45, 7) is 1.40. The van der Waals surface area contributed by atoms with Gasteiger partial charge in [-0.1, -0.05) is 12.8 Å². The normalized spacial score (nSPS) is 10.2. The largest absolute Gasteiger partial charge is 0.497 e. The van der Waals surface area contributed by atoms with E-state index >= 15 is 0 Å². The van der Waals surface area contributed by atoms with Gasteiger partial charge >= 0.3 is 0 Å². The fourth-order valence-corrected chi connectivity index (χ4v) is 1.91. The average molecular weight is 280 g/mol. The van der Waals surface area contributed by atoms with E-state index in [1.54, 1.807) is 32.4 Å². The van der Waals surface area contributed by atoms with Crippen LogP contribution in [0.1, 0.15) is 36.0 Å². The summed E-state index contributed by atoms with van der Waals surface area (Å²) >= 11 is 0. The predicted octanol–water partition coefficient (Wildman–Crippen LogP) is 1.95. The number of nitrogens with one attached hydrogen (secondary N) is 1. The van der Waals surface area contributed by atoms with Crippen LogP contribution in [0.15, 0.2) is 18.2 Å². The third-order valence-electron chi connectivity index (χ3n) is 3.07. The number of carbonyl (C=O) groups excluding carboxylic acids is 1. The van der Waals surface area contributed by atoms with E-state index in [4.69, 9.17) is 15.2 Å². The summed E-state index contributed by atoms with van der Waals surface area (Å²) in [6, 6.07) is 5.16. The van der Waals surface area contributed by atoms with Gasteiger partial charge in [0.25, 0.3) is 5.91 Å². The lowest BCUT2D eigenvalue weighted by atomic mass is 10.1. The number of rotatable bonds is 9. The van der Waals surface area contributed by atoms with Crippen molar-refractivity contribution in [3.8, 4) is 11.5 Å². The molecular weight excluding hydrogens is 256 g/mol. The third kappa shape index (κ3) is 5.09. The number of nitrogens with two attached hydrogens (primary N) is 1. The fraction of sp³-hybridized carbons (Fsp3) is 0.533. The van der Waals surface area contributed by atoms with Crippen molar-refractivity contribution in [1.82, 2.24) is 5.32 Å². The summed E-state index contributed by atoms with van der Waals surface area (Å²) in [7, 11) is 3.12. The molecule has 0 atom stereocenters. The zero-order chi connectivity index (χ0) is 14.8. The van der Waals surface area contributed by atoms with Gasteiger partial charge in [0.2, 0.25) is 0 Å². The molecule has 112 valence electrons. The van der Waals surface area contributed by atoms with Crippen molar-refractivity contribution in [2.75, 3.05) is 27.3 Å². The van der Waals surface area contributed by atoms with Crippen molar-refractivity contribution in [2.45, 2.75) is 25.7 Å². The molecule has 0 unspecified atom stereocenters. The van der Waals surface area contributed by atoms with Crippen LogP contribution in [-0.4, -0.2) is 33.2 Å². The maximum absolute atomic E-state index is 12.1. The Bertz CT molecular complexity index is 422. The quantitative estimate of drug-likeness (QED) is 0.678. The number of hydrogen-bond donors (Lipinski definition) is 2. The number of amides is 1. The second-order valence-corrected chi connectivity index (χ2v) is 4.53. The Labute approximate surface area is 120 Å². The van der Waals surface area contributed by atoms with Crippen LogP contribution in [0.5, 0.6) is 11.5 Å². The van der Waals surface area contributed by atoms with Crippen LogP contribution in [0.25, 0.3) is 0 Å². The Hall–Kier alpha value is -1.75. The first-order chi connectivity index (χ1) is 9.72. The number of carbonyl (C=O) groups is 1. The van der Waals surface area contributed by atoms with Gasteiger partial charge in [-0.15, -0.1) is 0 Å². The summed E-state index contributed by atoms with van der Waals surface area (Å²) < 4.78 is 10.3. The molecule has 0 bridgehead atoms. The molecule has 0 aliphatic rings. The monoisotopic (exact) mass is 280 g/mol. The molecule has 1 aromatic rings. The summed E-state index contributed by atoms with van der Waals surface area (Å²) in [4.78, 5) is 12.1. The van der Waals surface area contributed by atoms with Crippen LogP contribution in [-0.2, 0) is 0 Å². The molecule has 1 amide bonds. The van der Waals surface area contributed by atoms with Crippen molar-refractivity contribution < 1.29 is 14.3 Å². The lowest BCUT2D eigenvalue weighted by Gasteiger charge is -2.10. The third-order valence-corrected chi connectivity index (χ3v) is 3.07. The van der Waals surface area contributed by atoms with Crippen molar-refractivity contribution >= 4 is 5.91 Å². The highest BCUT2D eigenvalue weighted by atomic mass is 16.5. The minimum atomic E-state index is -0.122. The summed E-state index contributed by atoms with van der Waals surface area (Å²) in [5, 5.41) is 2.90. The molecule has 0 spiro atoms. The molecule has 0 heterocycles. The maximum atomic E-state index is 12.1. The van der Waals surface area contributed by atoms with Gasteiger partial charge in [0.05, 0.1) is 19.8 Å². The first kappa shape index (κ1) is 16.3. The highest BCUT2D eigenvalue weighted by molar-refractivity contribution is 5.97. The number of ether oxygens (including phenoxy) is 2. The molecule has 1 rings (SSSR count). The van der Waals surface area contributed by atoms with Crippen molar-refractivity contribution in [3.63, 3.8) is 0 Å². The molecule has 0 aromatic heterocycles. The van der Waals surface area contributed by atoms with Gasteiger partial charge in [-0.3, -0.25) is 4.79 Å². The number of hydrogen-bond acceptors (Lipinski definition) is 4. The molecule has 0 radical (unpaired) electrons. The smallest absolute Gasteiger partial charge is 0.255 e. The summed E-state index contributed by atoms with van der Waals surface area (Å²) in [5.74, 6) is 1.06. The van der Waals surface area contributed by atoms with Gasteiger partial charge in [0.1, 0.15) is 11.5 Å². The topological polar surface area (TPSA) is 73.6 Å². The van der Waals surface area contributed by atoms with E-state index in [2.05, 4.69) is 5.32 Å². The van der Waals surface area contributed by atoms with E-state index in [0.717, 1.165) is 32.2 Å². The number of unbranched alkanes of at least 4 members (excludes halogenated alkanes) is 3. The highest BCUT2D eigenvalue weighted by Crippen LogP contribution is 2.24. The van der Waals surface area contributed by atoms with Crippen LogP contribution >= 0.6 is 0 Å². The molecule has 1 aromatic carbocycles. The molecule has 0 saturated carbocycles. The lowest BCUT2D eigenvalue weighted by molar-refractivity contribution is 0.0950. The predicted molar refractivity (Wildman–Crippen MR) is 79.4 cm³/mol. The van der Waals surface area contributed by atoms with Gasteiger partial charge in [-0.2, -0.15) is 0 Å². The van der Waals surface area contributed by atoms with Crippen LogP contribution in [0.3, 0.4) is 0 Å². The van der Waals surface area contributed by atoms with Crippen LogP contribution in [0.2, 0.25) is 0 Å². The average Bonchev–Trinajstić information content (AvgIpc) is 2.49. The zero-order valence-electron chi connectivity index (χ0n) is 12.3. The highest BCUT2D eigenvalue weighted by Gasteiger charge is 2.12. The van der Waals surface area contributed by atoms with Crippen LogP contribution in [0.4, 0.5) is 0 Å². The molecule has 20 heavy (non-hydrogen) atoms. The first-order valence-electron chi connectivity index (χ1n) is 6.93. The van der Waals surface area contributed by atoms with Gasteiger partial charge in [0.15, 0.2) is 0 Å². The standard InChI is InChI=1S/C15H24N2O3/c1-19-12-7-8-13(14(11-12)20-2)15(18)17-10-6-4-3-5-9-16/h7-8,11H,3-6,9-10,16H2,1-2H3,(H,17,18). The van der Waals surface area contributed by atoms with E-state index in [-0.39, 0.29) is 5.91 Å². The molecule has 0 saturated heterocycles. The van der Waals surface area contributed by atoms with Gasteiger partial charge in [-0.25, -0.2) is 0 Å². The summed E-state index contributed by atoms with van der Waals surface area (Å²) in [5.41, 5.74) is 5.95. The molecule has 0 fully saturated rings. The Morgan fingerprint density at radius 1 is 1.15 bits per heavy atom. The van der Waals surface area contributed by atoms with E-state index in [1.807, 2.05) is 0 Å². The molecule has 3 N–H and O–H groups in total. The fourth-order valence-electron chi connectivity index (χ4n) is 1.91. The Balaban J connectivity index is 2.46. The van der Waals surface area contributed by atoms with E-state index in [0.29, 0.717) is 23.6 Å². The van der Waals surface area contributed by atoms with Crippen molar-refractivity contribution in [2.24, 2.45) is 5.73 Å². The van der Waals surface area contributed by atoms with Crippen molar-refractivity contribution in [1.29, 1.82) is 0 Å². The number of benzene rings is 1.